The van der Waals surface area contributed by atoms with Crippen molar-refractivity contribution in [1.29, 1.82) is 0 Å². The van der Waals surface area contributed by atoms with Crippen LogP contribution in [0.2, 0.25) is 10.0 Å². The average Bonchev–Trinajstić information content (AvgIpc) is 3.89. The summed E-state index contributed by atoms with van der Waals surface area (Å²) in [5.74, 6) is -7.94. The number of hydrazine groups is 1. The van der Waals surface area contributed by atoms with Gasteiger partial charge in [0.05, 0.1) is 46.6 Å². The maximum absolute atomic E-state index is 15.5. The number of fused-ring (bicyclic) bond motifs is 5. The number of ether oxygens (including phenoxy) is 1. The molecular weight excluding hydrogens is 862 g/mol. The SMILES string of the molecule is COc1cccc(C2C3=CCC4C(=O)N(c5ccc(-c6nc7ccccc7o6)cc5)C(=O)C4C3CC3C(=O)N(Nc4ncc(C(F)(F)F)cc4Cl)C(=O)C32c2ccc(Cl)cc2)c1O. The topological polar surface area (TPSA) is 155 Å². The minimum absolute atomic E-state index is 0.0683. The summed E-state index contributed by atoms with van der Waals surface area (Å²) in [4.78, 5) is 69.2. The zero-order valence-electron chi connectivity index (χ0n) is 32.8. The molecular formula is C46H32Cl2F3N5O7. The van der Waals surface area contributed by atoms with Gasteiger partial charge in [-0.3, -0.25) is 29.5 Å². The van der Waals surface area contributed by atoms with Crippen LogP contribution in [0.1, 0.15) is 35.4 Å². The molecule has 0 radical (unpaired) electrons. The number of pyridine rings is 1. The van der Waals surface area contributed by atoms with E-state index >= 15 is 9.59 Å². The lowest BCUT2D eigenvalue weighted by Crippen LogP contribution is -2.53. The molecule has 2 aliphatic heterocycles. The maximum Gasteiger partial charge on any atom is 0.417 e. The molecule has 6 unspecified atom stereocenters. The zero-order valence-corrected chi connectivity index (χ0v) is 34.3. The first kappa shape index (κ1) is 40.4. The average molecular weight is 895 g/mol. The van der Waals surface area contributed by atoms with Crippen molar-refractivity contribution in [3.63, 3.8) is 0 Å². The molecule has 12 nitrogen and oxygen atoms in total. The van der Waals surface area contributed by atoms with Gasteiger partial charge in [-0.1, -0.05) is 71.2 Å². The molecule has 17 heteroatoms. The number of nitrogens with one attached hydrogen (secondary N) is 1. The second-order valence-corrected chi connectivity index (χ2v) is 16.7. The molecule has 6 atom stereocenters. The number of aromatic nitrogens is 2. The Hall–Kier alpha value is -6.71. The fourth-order valence-electron chi connectivity index (χ4n) is 10.1. The number of allylic oxidation sites excluding steroid dienone is 2. The lowest BCUT2D eigenvalue weighted by molar-refractivity contribution is -0.139. The van der Waals surface area contributed by atoms with Crippen molar-refractivity contribution in [3.05, 3.63) is 142 Å². The number of halogens is 5. The quantitative estimate of drug-likeness (QED) is 0.117. The van der Waals surface area contributed by atoms with E-state index in [0.29, 0.717) is 61.7 Å². The largest absolute Gasteiger partial charge is 0.504 e. The fraction of sp³-hybridized carbons (Fsp3) is 0.217. The molecule has 2 aromatic heterocycles. The molecule has 2 aliphatic carbocycles. The van der Waals surface area contributed by atoms with Gasteiger partial charge in [0.25, 0.3) is 11.8 Å². The molecule has 4 heterocycles. The number of carbonyl (C=O) groups excluding carboxylic acids is 4. The Balaban J connectivity index is 1.09. The van der Waals surface area contributed by atoms with E-state index in [1.807, 2.05) is 24.3 Å². The first-order chi connectivity index (χ1) is 30.2. The van der Waals surface area contributed by atoms with Crippen molar-refractivity contribution >= 4 is 69.4 Å². The zero-order chi connectivity index (χ0) is 44.1. The highest BCUT2D eigenvalue weighted by atomic mass is 35.5. The monoisotopic (exact) mass is 893 g/mol. The lowest BCUT2D eigenvalue weighted by atomic mass is 9.49. The minimum atomic E-state index is -4.78. The summed E-state index contributed by atoms with van der Waals surface area (Å²) >= 11 is 12.7. The molecule has 4 aliphatic rings. The molecule has 4 amide bonds. The normalized spacial score (nSPS) is 24.3. The third-order valence-corrected chi connectivity index (χ3v) is 13.3. The van der Waals surface area contributed by atoms with Gasteiger partial charge in [0, 0.05) is 28.3 Å². The van der Waals surface area contributed by atoms with Gasteiger partial charge in [-0.15, -0.1) is 0 Å². The van der Waals surface area contributed by atoms with Crippen LogP contribution in [0.15, 0.2) is 119 Å². The highest BCUT2D eigenvalue weighted by Gasteiger charge is 2.71. The predicted molar refractivity (Wildman–Crippen MR) is 223 cm³/mol. The number of hydrogen-bond acceptors (Lipinski definition) is 10. The van der Waals surface area contributed by atoms with Crippen molar-refractivity contribution in [2.75, 3.05) is 17.4 Å². The summed E-state index contributed by atoms with van der Waals surface area (Å²) in [5.41, 5.74) is 2.86. The van der Waals surface area contributed by atoms with Crippen LogP contribution < -0.4 is 15.1 Å². The number of para-hydroxylation sites is 3. The number of oxazole rings is 1. The van der Waals surface area contributed by atoms with E-state index < -0.39 is 81.2 Å². The van der Waals surface area contributed by atoms with Crippen LogP contribution in [0.3, 0.4) is 0 Å². The van der Waals surface area contributed by atoms with Crippen molar-refractivity contribution in [3.8, 4) is 23.0 Å². The Morgan fingerprint density at radius 1 is 0.905 bits per heavy atom. The number of imide groups is 2. The van der Waals surface area contributed by atoms with Gasteiger partial charge in [0.1, 0.15) is 5.52 Å². The highest BCUT2D eigenvalue weighted by molar-refractivity contribution is 6.33. The number of alkyl halides is 3. The van der Waals surface area contributed by atoms with E-state index in [-0.39, 0.29) is 29.9 Å². The third-order valence-electron chi connectivity index (χ3n) is 12.8. The van der Waals surface area contributed by atoms with Crippen molar-refractivity contribution in [2.45, 2.75) is 30.4 Å². The molecule has 4 aromatic carbocycles. The number of benzene rings is 4. The third kappa shape index (κ3) is 6.11. The molecule has 1 saturated carbocycles. The van der Waals surface area contributed by atoms with Gasteiger partial charge < -0.3 is 14.3 Å². The molecule has 0 bridgehead atoms. The van der Waals surface area contributed by atoms with Crippen molar-refractivity contribution in [2.24, 2.45) is 23.7 Å². The molecule has 6 aromatic rings. The summed E-state index contributed by atoms with van der Waals surface area (Å²) in [6.07, 6.45) is -2.46. The Labute approximate surface area is 365 Å². The Kier molecular flexibility index (Phi) is 9.42. The molecule has 318 valence electrons. The first-order valence-corrected chi connectivity index (χ1v) is 20.5. The smallest absolute Gasteiger partial charge is 0.417 e. The number of amides is 4. The minimum Gasteiger partial charge on any atom is -0.504 e. The summed E-state index contributed by atoms with van der Waals surface area (Å²) in [6.45, 7) is 0. The fourth-order valence-corrected chi connectivity index (χ4v) is 10.4. The summed E-state index contributed by atoms with van der Waals surface area (Å²) in [7, 11) is 1.36. The van der Waals surface area contributed by atoms with E-state index in [1.165, 1.54) is 13.2 Å². The predicted octanol–water partition coefficient (Wildman–Crippen LogP) is 9.12. The van der Waals surface area contributed by atoms with E-state index in [1.54, 1.807) is 66.7 Å². The van der Waals surface area contributed by atoms with E-state index in [9.17, 15) is 27.9 Å². The number of hydrogen-bond donors (Lipinski definition) is 2. The van der Waals surface area contributed by atoms with Gasteiger partial charge in [-0.05, 0) is 85.0 Å². The number of methoxy groups -OCH3 is 1. The van der Waals surface area contributed by atoms with Crippen molar-refractivity contribution < 1.29 is 46.6 Å². The van der Waals surface area contributed by atoms with Crippen LogP contribution >= 0.6 is 23.2 Å². The van der Waals surface area contributed by atoms with Crippen LogP contribution in [0, 0.1) is 23.7 Å². The van der Waals surface area contributed by atoms with Crippen LogP contribution in [-0.2, 0) is 30.8 Å². The lowest BCUT2D eigenvalue weighted by Gasteiger charge is -2.50. The Morgan fingerprint density at radius 3 is 2.35 bits per heavy atom. The molecule has 63 heavy (non-hydrogen) atoms. The second kappa shape index (κ2) is 14.7. The van der Waals surface area contributed by atoms with E-state index in [4.69, 9.17) is 32.4 Å². The van der Waals surface area contributed by atoms with Gasteiger partial charge in [0.2, 0.25) is 17.7 Å². The van der Waals surface area contributed by atoms with Crippen LogP contribution in [0.5, 0.6) is 11.5 Å². The number of aromatic hydroxyl groups is 1. The van der Waals surface area contributed by atoms with Crippen LogP contribution in [-0.4, -0.2) is 50.8 Å². The molecule has 0 spiro atoms. The summed E-state index contributed by atoms with van der Waals surface area (Å²) in [6, 6.07) is 25.7. The molecule has 2 saturated heterocycles. The van der Waals surface area contributed by atoms with Crippen molar-refractivity contribution in [1.82, 2.24) is 15.0 Å². The Bertz CT molecular complexity index is 2910. The number of rotatable bonds is 7. The first-order valence-electron chi connectivity index (χ1n) is 19.8. The van der Waals surface area contributed by atoms with Gasteiger partial charge in [0.15, 0.2) is 22.9 Å². The highest BCUT2D eigenvalue weighted by Crippen LogP contribution is 2.65. The molecule has 3 fully saturated rings. The molecule has 2 N–H and O–H groups in total. The van der Waals surface area contributed by atoms with E-state index in [0.717, 1.165) is 4.90 Å². The van der Waals surface area contributed by atoms with Gasteiger partial charge in [-0.25, -0.2) is 9.97 Å². The molecule has 10 rings (SSSR count). The maximum atomic E-state index is 15.5. The van der Waals surface area contributed by atoms with Crippen LogP contribution in [0.4, 0.5) is 24.7 Å². The van der Waals surface area contributed by atoms with Gasteiger partial charge in [-0.2, -0.15) is 18.2 Å². The van der Waals surface area contributed by atoms with Gasteiger partial charge >= 0.3 is 6.18 Å². The van der Waals surface area contributed by atoms with Crippen LogP contribution in [0.25, 0.3) is 22.6 Å². The Morgan fingerprint density at radius 2 is 1.65 bits per heavy atom. The second-order valence-electron chi connectivity index (χ2n) is 15.9. The summed E-state index contributed by atoms with van der Waals surface area (Å²) in [5, 5.41) is 12.4. The number of phenolic OH excluding ortho intramolecular Hbond substituents is 1. The van der Waals surface area contributed by atoms with E-state index in [2.05, 4.69) is 15.4 Å². The number of anilines is 2. The summed E-state index contributed by atoms with van der Waals surface area (Å²) < 4.78 is 52.2. The number of nitrogens with zero attached hydrogens (tertiary/aromatic N) is 4. The number of phenols is 1. The standard InChI is InChI=1S/C46H32Cl2F3N5O7/c1-62-35-8-4-5-29(38(35)57)37-27-17-18-28-36(43(60)55(41(28)58)26-15-9-22(10-16-26)40-53-33-6-2-3-7-34(33)63-40)30(27)20-31-42(59)56(44(61)45(31,37)23-11-13-25(47)14-12-23)54-39-32(48)19-24(21-52-39)46(49,50)51/h2-17,19,21,28,30-31,36-37,57H,18,20H2,1H3,(H,52,54). The number of carbonyl (C=O) groups is 4.